The van der Waals surface area contributed by atoms with Crippen LogP contribution in [0.3, 0.4) is 0 Å². The maximum absolute atomic E-state index is 3.88. The fourth-order valence-electron chi connectivity index (χ4n) is 3.15. The molecule has 2 aliphatic rings. The fraction of sp³-hybridized carbons (Fsp3) is 0.647. The van der Waals surface area contributed by atoms with Crippen LogP contribution in [0.15, 0.2) is 30.3 Å². The topological polar surface area (TPSA) is 15.3 Å². The Kier molecular flexibility index (Phi) is 3.90. The van der Waals surface area contributed by atoms with Gasteiger partial charge in [0.25, 0.3) is 0 Å². The zero-order chi connectivity index (χ0) is 13.2. The van der Waals surface area contributed by atoms with Crippen LogP contribution < -0.4 is 5.32 Å². The molecule has 1 unspecified atom stereocenters. The molecule has 2 saturated carbocycles. The van der Waals surface area contributed by atoms with Crippen LogP contribution in [0.25, 0.3) is 0 Å². The molecule has 0 heterocycles. The molecule has 0 amide bonds. The molecule has 1 aromatic rings. The van der Waals surface area contributed by atoms with Crippen LogP contribution in [0.5, 0.6) is 0 Å². The number of hydrogen-bond donors (Lipinski definition) is 1. The van der Waals surface area contributed by atoms with Crippen molar-refractivity contribution < 1.29 is 0 Å². The molecule has 0 saturated heterocycles. The summed E-state index contributed by atoms with van der Waals surface area (Å²) in [6.07, 6.45) is 5.80. The van der Waals surface area contributed by atoms with E-state index in [9.17, 15) is 0 Å². The number of likely N-dealkylation sites (N-methyl/N-ethyl adjacent to an activating group) is 1. The van der Waals surface area contributed by atoms with Gasteiger partial charge in [-0.1, -0.05) is 30.3 Å². The predicted molar refractivity (Wildman–Crippen MR) is 80.1 cm³/mol. The van der Waals surface area contributed by atoms with Crippen LogP contribution in [-0.2, 0) is 0 Å². The van der Waals surface area contributed by atoms with E-state index < -0.39 is 0 Å². The number of rotatable bonds is 7. The van der Waals surface area contributed by atoms with Crippen LogP contribution >= 0.6 is 0 Å². The van der Waals surface area contributed by atoms with E-state index >= 15 is 0 Å². The summed E-state index contributed by atoms with van der Waals surface area (Å²) in [7, 11) is 4.37. The van der Waals surface area contributed by atoms with Gasteiger partial charge in [-0.3, -0.25) is 0 Å². The second-order valence-electron chi connectivity index (χ2n) is 6.50. The van der Waals surface area contributed by atoms with Crippen LogP contribution in [0.2, 0.25) is 0 Å². The van der Waals surface area contributed by atoms with Gasteiger partial charge in [-0.15, -0.1) is 0 Å². The Morgan fingerprint density at radius 2 is 1.63 bits per heavy atom. The molecular weight excluding hydrogens is 232 g/mol. The van der Waals surface area contributed by atoms with Crippen LogP contribution in [0.1, 0.15) is 37.3 Å². The zero-order valence-electron chi connectivity index (χ0n) is 12.2. The number of benzene rings is 1. The Balaban J connectivity index is 1.61. The number of nitrogens with one attached hydrogen (secondary N) is 1. The standard InChI is InChI=1S/C17H26N2/c1-19(2)16(13-6-4-3-5-7-13)12-18-17(14-8-9-14)15-10-11-15/h3-7,14-18H,8-12H2,1-2H3. The number of hydrogen-bond acceptors (Lipinski definition) is 2. The van der Waals surface area contributed by atoms with E-state index in [-0.39, 0.29) is 0 Å². The highest BCUT2D eigenvalue weighted by molar-refractivity contribution is 5.19. The van der Waals surface area contributed by atoms with Gasteiger partial charge < -0.3 is 10.2 Å². The summed E-state index contributed by atoms with van der Waals surface area (Å²) in [6, 6.07) is 12.2. The zero-order valence-corrected chi connectivity index (χ0v) is 12.2. The smallest absolute Gasteiger partial charge is 0.0466 e. The van der Waals surface area contributed by atoms with Crippen molar-refractivity contribution in [3.63, 3.8) is 0 Å². The normalized spacial score (nSPS) is 21.1. The Labute approximate surface area is 117 Å². The Bertz CT molecular complexity index is 381. The third kappa shape index (κ3) is 3.37. The highest BCUT2D eigenvalue weighted by atomic mass is 15.1. The largest absolute Gasteiger partial charge is 0.312 e. The monoisotopic (exact) mass is 258 g/mol. The molecule has 19 heavy (non-hydrogen) atoms. The molecular formula is C17H26N2. The lowest BCUT2D eigenvalue weighted by Crippen LogP contribution is -2.39. The average Bonchev–Trinajstić information content (AvgIpc) is 3.28. The van der Waals surface area contributed by atoms with Crippen LogP contribution in [-0.4, -0.2) is 31.6 Å². The first-order valence-corrected chi connectivity index (χ1v) is 7.70. The molecule has 2 aliphatic carbocycles. The van der Waals surface area contributed by atoms with Crippen molar-refractivity contribution in [1.82, 2.24) is 10.2 Å². The minimum Gasteiger partial charge on any atom is -0.312 e. The molecule has 2 nitrogen and oxygen atoms in total. The van der Waals surface area contributed by atoms with Crippen molar-refractivity contribution in [1.29, 1.82) is 0 Å². The summed E-state index contributed by atoms with van der Waals surface area (Å²) in [6.45, 7) is 1.08. The first-order chi connectivity index (χ1) is 9.25. The highest BCUT2D eigenvalue weighted by Gasteiger charge is 2.41. The van der Waals surface area contributed by atoms with Gasteiger partial charge in [-0.25, -0.2) is 0 Å². The maximum atomic E-state index is 3.88. The van der Waals surface area contributed by atoms with Crippen molar-refractivity contribution in [3.05, 3.63) is 35.9 Å². The highest BCUT2D eigenvalue weighted by Crippen LogP contribution is 2.44. The lowest BCUT2D eigenvalue weighted by molar-refractivity contribution is 0.268. The van der Waals surface area contributed by atoms with Crippen molar-refractivity contribution in [2.45, 2.75) is 37.8 Å². The van der Waals surface area contributed by atoms with E-state index in [0.717, 1.165) is 24.4 Å². The van der Waals surface area contributed by atoms with Gasteiger partial charge in [0.2, 0.25) is 0 Å². The van der Waals surface area contributed by atoms with E-state index in [0.29, 0.717) is 6.04 Å². The van der Waals surface area contributed by atoms with Gasteiger partial charge in [-0.05, 0) is 57.2 Å². The fourth-order valence-corrected chi connectivity index (χ4v) is 3.15. The van der Waals surface area contributed by atoms with E-state index in [4.69, 9.17) is 0 Å². The molecule has 104 valence electrons. The first-order valence-electron chi connectivity index (χ1n) is 7.70. The van der Waals surface area contributed by atoms with E-state index in [1.807, 2.05) is 0 Å². The van der Waals surface area contributed by atoms with Gasteiger partial charge in [0.05, 0.1) is 0 Å². The maximum Gasteiger partial charge on any atom is 0.0466 e. The first kappa shape index (κ1) is 13.1. The van der Waals surface area contributed by atoms with E-state index in [1.54, 1.807) is 0 Å². The summed E-state index contributed by atoms with van der Waals surface area (Å²) in [4.78, 5) is 2.33. The lowest BCUT2D eigenvalue weighted by Gasteiger charge is -2.28. The molecule has 1 atom stereocenters. The van der Waals surface area contributed by atoms with Gasteiger partial charge in [0.1, 0.15) is 0 Å². The molecule has 2 heteroatoms. The molecule has 0 aromatic heterocycles. The quantitative estimate of drug-likeness (QED) is 0.808. The van der Waals surface area contributed by atoms with Gasteiger partial charge in [-0.2, -0.15) is 0 Å². The summed E-state index contributed by atoms with van der Waals surface area (Å²) in [5, 5.41) is 3.88. The Morgan fingerprint density at radius 1 is 1.05 bits per heavy atom. The summed E-state index contributed by atoms with van der Waals surface area (Å²) in [5.41, 5.74) is 1.42. The molecule has 0 radical (unpaired) electrons. The average molecular weight is 258 g/mol. The van der Waals surface area contributed by atoms with Crippen molar-refractivity contribution >= 4 is 0 Å². The minimum atomic E-state index is 0.487. The molecule has 1 N–H and O–H groups in total. The van der Waals surface area contributed by atoms with Gasteiger partial charge in [0.15, 0.2) is 0 Å². The van der Waals surface area contributed by atoms with Gasteiger partial charge >= 0.3 is 0 Å². The predicted octanol–water partition coefficient (Wildman–Crippen LogP) is 3.07. The molecule has 0 spiro atoms. The second kappa shape index (κ2) is 5.64. The third-order valence-corrected chi connectivity index (χ3v) is 4.61. The summed E-state index contributed by atoms with van der Waals surface area (Å²) >= 11 is 0. The lowest BCUT2D eigenvalue weighted by atomic mass is 10.0. The molecule has 2 fully saturated rings. The van der Waals surface area contributed by atoms with Crippen molar-refractivity contribution in [3.8, 4) is 0 Å². The van der Waals surface area contributed by atoms with E-state index in [2.05, 4.69) is 54.6 Å². The second-order valence-corrected chi connectivity index (χ2v) is 6.50. The minimum absolute atomic E-state index is 0.487. The van der Waals surface area contributed by atoms with Crippen LogP contribution in [0.4, 0.5) is 0 Å². The number of nitrogens with zero attached hydrogens (tertiary/aromatic N) is 1. The van der Waals surface area contributed by atoms with Crippen molar-refractivity contribution in [2.24, 2.45) is 11.8 Å². The Morgan fingerprint density at radius 3 is 2.11 bits per heavy atom. The molecule has 1 aromatic carbocycles. The summed E-state index contributed by atoms with van der Waals surface area (Å²) in [5.74, 6) is 1.96. The SMILES string of the molecule is CN(C)C(CNC(C1CC1)C1CC1)c1ccccc1. The molecule has 0 aliphatic heterocycles. The molecule has 3 rings (SSSR count). The van der Waals surface area contributed by atoms with Crippen LogP contribution in [0, 0.1) is 11.8 Å². The Hall–Kier alpha value is -0.860. The van der Waals surface area contributed by atoms with Gasteiger partial charge in [0, 0.05) is 18.6 Å². The summed E-state index contributed by atoms with van der Waals surface area (Å²) < 4.78 is 0. The van der Waals surface area contributed by atoms with Crippen molar-refractivity contribution in [2.75, 3.05) is 20.6 Å². The molecule has 0 bridgehead atoms. The van der Waals surface area contributed by atoms with E-state index in [1.165, 1.54) is 31.2 Å². The third-order valence-electron chi connectivity index (χ3n) is 4.61.